The van der Waals surface area contributed by atoms with Gasteiger partial charge in [-0.15, -0.1) is 0 Å². The summed E-state index contributed by atoms with van der Waals surface area (Å²) in [5.41, 5.74) is 2.46. The lowest BCUT2D eigenvalue weighted by Crippen LogP contribution is -2.40. The molecule has 0 unspecified atom stereocenters. The zero-order chi connectivity index (χ0) is 16.8. The van der Waals surface area contributed by atoms with Gasteiger partial charge >= 0.3 is 0 Å². The van der Waals surface area contributed by atoms with Gasteiger partial charge in [-0.3, -0.25) is 9.59 Å². The van der Waals surface area contributed by atoms with Gasteiger partial charge in [0, 0.05) is 25.0 Å². The minimum absolute atomic E-state index is 0.0108. The van der Waals surface area contributed by atoms with Crippen LogP contribution in [0.15, 0.2) is 12.1 Å². The first-order valence-electron chi connectivity index (χ1n) is 8.06. The molecule has 1 N–H and O–H groups in total. The number of carbonyl (C=O) groups is 2. The molecule has 0 spiro atoms. The Morgan fingerprint density at radius 2 is 2.04 bits per heavy atom. The molecule has 1 aromatic rings. The zero-order valence-electron chi connectivity index (χ0n) is 14.1. The van der Waals surface area contributed by atoms with Crippen molar-refractivity contribution in [3.63, 3.8) is 0 Å². The highest BCUT2D eigenvalue weighted by Gasteiger charge is 2.18. The Morgan fingerprint density at radius 1 is 1.26 bits per heavy atom. The second kappa shape index (κ2) is 8.11. The molecule has 1 heterocycles. The Morgan fingerprint density at radius 3 is 2.70 bits per heavy atom. The molecule has 5 heteroatoms. The standard InChI is InChI=1S/C18H25NO4/c1-12-10-17(22-3)13(2)9-15(12)16(20)6-7-18(21)19-14-5-4-8-23-11-14/h9-10,14H,4-8,11H2,1-3H3,(H,19,21)/t14-/m1/s1. The highest BCUT2D eigenvalue weighted by atomic mass is 16.5. The quantitative estimate of drug-likeness (QED) is 0.819. The third-order valence-corrected chi connectivity index (χ3v) is 4.15. The molecule has 126 valence electrons. The van der Waals surface area contributed by atoms with Gasteiger partial charge in [-0.1, -0.05) is 0 Å². The fourth-order valence-corrected chi connectivity index (χ4v) is 2.83. The molecule has 0 saturated carbocycles. The van der Waals surface area contributed by atoms with Gasteiger partial charge in [-0.25, -0.2) is 0 Å². The van der Waals surface area contributed by atoms with E-state index in [9.17, 15) is 9.59 Å². The zero-order valence-corrected chi connectivity index (χ0v) is 14.1. The first-order chi connectivity index (χ1) is 11.0. The van der Waals surface area contributed by atoms with Crippen LogP contribution < -0.4 is 10.1 Å². The highest BCUT2D eigenvalue weighted by Crippen LogP contribution is 2.23. The van der Waals surface area contributed by atoms with Crippen LogP contribution in [0.4, 0.5) is 0 Å². The molecule has 1 aliphatic heterocycles. The van der Waals surface area contributed by atoms with Gasteiger partial charge < -0.3 is 14.8 Å². The van der Waals surface area contributed by atoms with Crippen LogP contribution in [-0.4, -0.2) is 38.1 Å². The van der Waals surface area contributed by atoms with Crippen LogP contribution in [0.3, 0.4) is 0 Å². The summed E-state index contributed by atoms with van der Waals surface area (Å²) in [4.78, 5) is 24.3. The number of amides is 1. The largest absolute Gasteiger partial charge is 0.496 e. The monoisotopic (exact) mass is 319 g/mol. The van der Waals surface area contributed by atoms with E-state index in [2.05, 4.69) is 5.32 Å². The second-order valence-electron chi connectivity index (χ2n) is 6.04. The van der Waals surface area contributed by atoms with E-state index in [0.717, 1.165) is 36.3 Å². The van der Waals surface area contributed by atoms with E-state index in [1.165, 1.54) is 0 Å². The van der Waals surface area contributed by atoms with Crippen molar-refractivity contribution in [2.75, 3.05) is 20.3 Å². The summed E-state index contributed by atoms with van der Waals surface area (Å²) >= 11 is 0. The highest BCUT2D eigenvalue weighted by molar-refractivity contribution is 5.99. The minimum atomic E-state index is -0.0864. The number of hydrogen-bond donors (Lipinski definition) is 1. The molecule has 1 amide bonds. The van der Waals surface area contributed by atoms with Gasteiger partial charge in [-0.05, 0) is 49.9 Å². The van der Waals surface area contributed by atoms with Gasteiger partial charge in [-0.2, -0.15) is 0 Å². The number of aryl methyl sites for hydroxylation is 2. The normalized spacial score (nSPS) is 17.6. The summed E-state index contributed by atoms with van der Waals surface area (Å²) in [6.07, 6.45) is 2.33. The van der Waals surface area contributed by atoms with Crippen molar-refractivity contribution >= 4 is 11.7 Å². The van der Waals surface area contributed by atoms with E-state index in [1.54, 1.807) is 7.11 Å². The number of Topliss-reactive ketones (excluding diaryl/α,β-unsaturated/α-hetero) is 1. The molecular formula is C18H25NO4. The molecule has 1 fully saturated rings. The van der Waals surface area contributed by atoms with Crippen LogP contribution in [0.5, 0.6) is 5.75 Å². The molecule has 1 saturated heterocycles. The summed E-state index contributed by atoms with van der Waals surface area (Å²) in [6, 6.07) is 3.78. The average Bonchev–Trinajstić information content (AvgIpc) is 2.55. The Kier molecular flexibility index (Phi) is 6.16. The number of methoxy groups -OCH3 is 1. The van der Waals surface area contributed by atoms with Crippen molar-refractivity contribution < 1.29 is 19.1 Å². The maximum Gasteiger partial charge on any atom is 0.220 e. The molecule has 0 aromatic heterocycles. The fourth-order valence-electron chi connectivity index (χ4n) is 2.83. The number of nitrogens with one attached hydrogen (secondary N) is 1. The molecule has 2 rings (SSSR count). The maximum absolute atomic E-state index is 12.4. The van der Waals surface area contributed by atoms with Crippen LogP contribution in [0.25, 0.3) is 0 Å². The molecule has 5 nitrogen and oxygen atoms in total. The Bertz CT molecular complexity index is 577. The van der Waals surface area contributed by atoms with Crippen LogP contribution in [-0.2, 0) is 9.53 Å². The number of ketones is 1. The van der Waals surface area contributed by atoms with Crippen LogP contribution in [0, 0.1) is 13.8 Å². The molecule has 1 aromatic carbocycles. The van der Waals surface area contributed by atoms with E-state index < -0.39 is 0 Å². The number of benzene rings is 1. The van der Waals surface area contributed by atoms with Crippen molar-refractivity contribution in [2.24, 2.45) is 0 Å². The van der Waals surface area contributed by atoms with E-state index in [0.29, 0.717) is 12.2 Å². The Labute approximate surface area is 137 Å². The van der Waals surface area contributed by atoms with Gasteiger partial charge in [0.15, 0.2) is 5.78 Å². The lowest BCUT2D eigenvalue weighted by molar-refractivity contribution is -0.122. The predicted molar refractivity (Wildman–Crippen MR) is 88.0 cm³/mol. The van der Waals surface area contributed by atoms with E-state index in [4.69, 9.17) is 9.47 Å². The molecule has 23 heavy (non-hydrogen) atoms. The summed E-state index contributed by atoms with van der Waals surface area (Å²) in [6.45, 7) is 5.12. The topological polar surface area (TPSA) is 64.6 Å². The van der Waals surface area contributed by atoms with Crippen molar-refractivity contribution in [1.82, 2.24) is 5.32 Å². The molecule has 1 atom stereocenters. The first-order valence-corrected chi connectivity index (χ1v) is 8.06. The van der Waals surface area contributed by atoms with Crippen molar-refractivity contribution in [2.45, 2.75) is 45.6 Å². The summed E-state index contributed by atoms with van der Waals surface area (Å²) in [5, 5.41) is 2.93. The van der Waals surface area contributed by atoms with Crippen LogP contribution in [0.1, 0.15) is 47.2 Å². The third-order valence-electron chi connectivity index (χ3n) is 4.15. The van der Waals surface area contributed by atoms with E-state index in [1.807, 2.05) is 26.0 Å². The lowest BCUT2D eigenvalue weighted by Gasteiger charge is -2.23. The SMILES string of the molecule is COc1cc(C)c(C(=O)CCC(=O)N[C@@H]2CCCOC2)cc1C. The van der Waals surface area contributed by atoms with Gasteiger partial charge in [0.25, 0.3) is 0 Å². The summed E-state index contributed by atoms with van der Waals surface area (Å²) < 4.78 is 10.6. The second-order valence-corrected chi connectivity index (χ2v) is 6.04. The van der Waals surface area contributed by atoms with Crippen molar-refractivity contribution in [3.8, 4) is 5.75 Å². The molecular weight excluding hydrogens is 294 g/mol. The number of ether oxygens (including phenoxy) is 2. The minimum Gasteiger partial charge on any atom is -0.496 e. The van der Waals surface area contributed by atoms with Crippen LogP contribution >= 0.6 is 0 Å². The molecule has 1 aliphatic rings. The number of rotatable bonds is 6. The van der Waals surface area contributed by atoms with Crippen molar-refractivity contribution in [1.29, 1.82) is 0 Å². The fraction of sp³-hybridized carbons (Fsp3) is 0.556. The average molecular weight is 319 g/mol. The summed E-state index contributed by atoms with van der Waals surface area (Å²) in [7, 11) is 1.61. The molecule has 0 radical (unpaired) electrons. The smallest absolute Gasteiger partial charge is 0.220 e. The van der Waals surface area contributed by atoms with Crippen molar-refractivity contribution in [3.05, 3.63) is 28.8 Å². The Balaban J connectivity index is 1.89. The van der Waals surface area contributed by atoms with E-state index in [-0.39, 0.29) is 30.6 Å². The summed E-state index contributed by atoms with van der Waals surface area (Å²) in [5.74, 6) is 0.675. The Hall–Kier alpha value is -1.88. The van der Waals surface area contributed by atoms with Crippen LogP contribution in [0.2, 0.25) is 0 Å². The number of hydrogen-bond acceptors (Lipinski definition) is 4. The van der Waals surface area contributed by atoms with Gasteiger partial charge in [0.2, 0.25) is 5.91 Å². The molecule has 0 bridgehead atoms. The third kappa shape index (κ3) is 4.79. The maximum atomic E-state index is 12.4. The lowest BCUT2D eigenvalue weighted by atomic mass is 9.98. The number of carbonyl (C=O) groups excluding carboxylic acids is 2. The molecule has 0 aliphatic carbocycles. The van der Waals surface area contributed by atoms with Gasteiger partial charge in [0.05, 0.1) is 19.8 Å². The van der Waals surface area contributed by atoms with Gasteiger partial charge in [0.1, 0.15) is 5.75 Å². The predicted octanol–water partition coefficient (Wildman–Crippen LogP) is 2.57. The van der Waals surface area contributed by atoms with E-state index >= 15 is 0 Å². The first kappa shape index (κ1) is 17.5.